The van der Waals surface area contributed by atoms with E-state index in [4.69, 9.17) is 23.2 Å². The first-order chi connectivity index (χ1) is 13.2. The molecule has 146 valence electrons. The molecule has 0 radical (unpaired) electrons. The van der Waals surface area contributed by atoms with Gasteiger partial charge in [-0.25, -0.2) is 4.98 Å². The molecule has 0 aliphatic carbocycles. The third-order valence-electron chi connectivity index (χ3n) is 4.03. The highest BCUT2D eigenvalue weighted by atomic mass is 35.5. The Kier molecular flexibility index (Phi) is 6.33. The highest BCUT2D eigenvalue weighted by Gasteiger charge is 2.14. The standard InChI is InChI=1S/C20H20Cl2N4OS/c1-20(2,3)13-6-4-12(5-7-13)18-24-19(26-25-18)28-11-17(27)23-16-9-8-14(21)10-15(16)22/h4-10H,11H2,1-3H3,(H,23,27)(H,24,25,26). The summed E-state index contributed by atoms with van der Waals surface area (Å²) in [5.41, 5.74) is 2.82. The van der Waals surface area contributed by atoms with Crippen LogP contribution in [-0.4, -0.2) is 26.8 Å². The van der Waals surface area contributed by atoms with Crippen molar-refractivity contribution < 1.29 is 4.79 Å². The maximum absolute atomic E-state index is 12.1. The molecule has 3 rings (SSSR count). The number of amides is 1. The lowest BCUT2D eigenvalue weighted by Gasteiger charge is -2.18. The number of hydrogen-bond acceptors (Lipinski definition) is 4. The Bertz CT molecular complexity index is 981. The summed E-state index contributed by atoms with van der Waals surface area (Å²) in [6.45, 7) is 6.52. The van der Waals surface area contributed by atoms with Crippen LogP contribution in [0.5, 0.6) is 0 Å². The van der Waals surface area contributed by atoms with E-state index in [2.05, 4.69) is 53.4 Å². The fraction of sp³-hybridized carbons (Fsp3) is 0.250. The Morgan fingerprint density at radius 1 is 1.14 bits per heavy atom. The Balaban J connectivity index is 1.59. The zero-order valence-corrected chi connectivity index (χ0v) is 18.0. The fourth-order valence-corrected chi connectivity index (χ4v) is 3.53. The van der Waals surface area contributed by atoms with E-state index in [-0.39, 0.29) is 17.1 Å². The van der Waals surface area contributed by atoms with Crippen LogP contribution in [-0.2, 0) is 10.2 Å². The van der Waals surface area contributed by atoms with Crippen molar-refractivity contribution in [1.29, 1.82) is 0 Å². The Hall–Kier alpha value is -2.02. The van der Waals surface area contributed by atoms with Crippen molar-refractivity contribution in [2.75, 3.05) is 11.1 Å². The summed E-state index contributed by atoms with van der Waals surface area (Å²) in [6.07, 6.45) is 0. The van der Waals surface area contributed by atoms with E-state index in [9.17, 15) is 4.79 Å². The van der Waals surface area contributed by atoms with Gasteiger partial charge in [-0.2, -0.15) is 0 Å². The monoisotopic (exact) mass is 434 g/mol. The molecule has 28 heavy (non-hydrogen) atoms. The van der Waals surface area contributed by atoms with Crippen LogP contribution in [0.1, 0.15) is 26.3 Å². The zero-order valence-electron chi connectivity index (χ0n) is 15.7. The van der Waals surface area contributed by atoms with Gasteiger partial charge in [0.25, 0.3) is 0 Å². The molecule has 0 aliphatic heterocycles. The second-order valence-corrected chi connectivity index (χ2v) is 9.04. The zero-order chi connectivity index (χ0) is 20.3. The summed E-state index contributed by atoms with van der Waals surface area (Å²) < 4.78 is 0. The SMILES string of the molecule is CC(C)(C)c1ccc(-c2nc(SCC(=O)Nc3ccc(Cl)cc3Cl)n[nH]2)cc1. The van der Waals surface area contributed by atoms with E-state index >= 15 is 0 Å². The molecule has 1 heterocycles. The smallest absolute Gasteiger partial charge is 0.234 e. The van der Waals surface area contributed by atoms with Crippen LogP contribution in [0.25, 0.3) is 11.4 Å². The van der Waals surface area contributed by atoms with Crippen molar-refractivity contribution in [3.05, 3.63) is 58.1 Å². The van der Waals surface area contributed by atoms with Gasteiger partial charge in [0.2, 0.25) is 11.1 Å². The Labute approximate surface area is 178 Å². The molecule has 8 heteroatoms. The molecule has 0 aliphatic rings. The lowest BCUT2D eigenvalue weighted by atomic mass is 9.87. The molecule has 0 unspecified atom stereocenters. The number of carbonyl (C=O) groups is 1. The molecule has 0 fully saturated rings. The number of halogens is 2. The van der Waals surface area contributed by atoms with Crippen LogP contribution in [0.4, 0.5) is 5.69 Å². The second kappa shape index (κ2) is 8.55. The molecule has 2 aromatic carbocycles. The van der Waals surface area contributed by atoms with Gasteiger partial charge in [0.05, 0.1) is 16.5 Å². The first-order valence-corrected chi connectivity index (χ1v) is 10.4. The maximum Gasteiger partial charge on any atom is 0.234 e. The highest BCUT2D eigenvalue weighted by molar-refractivity contribution is 7.99. The minimum absolute atomic E-state index is 0.0985. The van der Waals surface area contributed by atoms with Gasteiger partial charge in [-0.15, -0.1) is 5.10 Å². The Morgan fingerprint density at radius 2 is 1.86 bits per heavy atom. The first-order valence-electron chi connectivity index (χ1n) is 8.63. The average Bonchev–Trinajstić information content (AvgIpc) is 3.11. The van der Waals surface area contributed by atoms with Crippen molar-refractivity contribution in [3.63, 3.8) is 0 Å². The molecule has 5 nitrogen and oxygen atoms in total. The number of nitrogens with zero attached hydrogens (tertiary/aromatic N) is 2. The molecule has 1 aromatic heterocycles. The molecule has 3 aromatic rings. The molecule has 0 atom stereocenters. The number of anilines is 1. The van der Waals surface area contributed by atoms with E-state index in [1.807, 2.05) is 12.1 Å². The van der Waals surface area contributed by atoms with Crippen molar-refractivity contribution in [2.24, 2.45) is 0 Å². The summed E-state index contributed by atoms with van der Waals surface area (Å²) in [5.74, 6) is 0.637. The molecular formula is C20H20Cl2N4OS. The molecule has 0 saturated carbocycles. The van der Waals surface area contributed by atoms with Crippen molar-refractivity contribution in [3.8, 4) is 11.4 Å². The Morgan fingerprint density at radius 3 is 2.50 bits per heavy atom. The number of thioether (sulfide) groups is 1. The van der Waals surface area contributed by atoms with Gasteiger partial charge in [-0.05, 0) is 29.2 Å². The minimum atomic E-state index is -0.199. The molecule has 0 saturated heterocycles. The van der Waals surface area contributed by atoms with Crippen LogP contribution >= 0.6 is 35.0 Å². The van der Waals surface area contributed by atoms with E-state index < -0.39 is 0 Å². The lowest BCUT2D eigenvalue weighted by Crippen LogP contribution is -2.14. The summed E-state index contributed by atoms with van der Waals surface area (Å²) in [7, 11) is 0. The number of nitrogens with one attached hydrogen (secondary N) is 2. The third kappa shape index (κ3) is 5.28. The van der Waals surface area contributed by atoms with Crippen molar-refractivity contribution in [1.82, 2.24) is 15.2 Å². The topological polar surface area (TPSA) is 70.7 Å². The lowest BCUT2D eigenvalue weighted by molar-refractivity contribution is -0.113. The number of aromatic nitrogens is 3. The summed E-state index contributed by atoms with van der Waals surface area (Å²) in [6, 6.07) is 13.1. The highest BCUT2D eigenvalue weighted by Crippen LogP contribution is 2.27. The van der Waals surface area contributed by atoms with Gasteiger partial charge in [0, 0.05) is 10.6 Å². The van der Waals surface area contributed by atoms with Gasteiger partial charge < -0.3 is 5.32 Å². The molecular weight excluding hydrogens is 415 g/mol. The van der Waals surface area contributed by atoms with E-state index in [1.54, 1.807) is 18.2 Å². The first kappa shape index (κ1) is 20.7. The quantitative estimate of drug-likeness (QED) is 0.497. The van der Waals surface area contributed by atoms with Gasteiger partial charge in [-0.3, -0.25) is 9.89 Å². The van der Waals surface area contributed by atoms with E-state index in [1.165, 1.54) is 17.3 Å². The third-order valence-corrected chi connectivity index (χ3v) is 5.42. The van der Waals surface area contributed by atoms with Crippen LogP contribution < -0.4 is 5.32 Å². The van der Waals surface area contributed by atoms with Gasteiger partial charge in [-0.1, -0.05) is 80.0 Å². The number of rotatable bonds is 5. The number of aromatic amines is 1. The van der Waals surface area contributed by atoms with Crippen LogP contribution in [0.3, 0.4) is 0 Å². The van der Waals surface area contributed by atoms with Crippen molar-refractivity contribution >= 4 is 46.6 Å². The normalized spacial score (nSPS) is 11.5. The van der Waals surface area contributed by atoms with Crippen LogP contribution in [0.15, 0.2) is 47.6 Å². The second-order valence-electron chi connectivity index (χ2n) is 7.25. The fourth-order valence-electron chi connectivity index (χ4n) is 2.48. The number of carbonyl (C=O) groups excluding carboxylic acids is 1. The number of H-pyrrole nitrogens is 1. The molecule has 0 spiro atoms. The molecule has 1 amide bonds. The average molecular weight is 435 g/mol. The molecule has 0 bridgehead atoms. The van der Waals surface area contributed by atoms with E-state index in [0.717, 1.165) is 5.56 Å². The van der Waals surface area contributed by atoms with Crippen LogP contribution in [0.2, 0.25) is 10.0 Å². The van der Waals surface area contributed by atoms with Gasteiger partial charge >= 0.3 is 0 Å². The summed E-state index contributed by atoms with van der Waals surface area (Å²) in [4.78, 5) is 16.6. The largest absolute Gasteiger partial charge is 0.324 e. The van der Waals surface area contributed by atoms with Crippen molar-refractivity contribution in [2.45, 2.75) is 31.3 Å². The van der Waals surface area contributed by atoms with Gasteiger partial charge in [0.15, 0.2) is 5.82 Å². The van der Waals surface area contributed by atoms with Crippen LogP contribution in [0, 0.1) is 0 Å². The predicted molar refractivity (Wildman–Crippen MR) is 116 cm³/mol. The maximum atomic E-state index is 12.1. The van der Waals surface area contributed by atoms with Gasteiger partial charge in [0.1, 0.15) is 0 Å². The van der Waals surface area contributed by atoms with E-state index in [0.29, 0.717) is 26.7 Å². The summed E-state index contributed by atoms with van der Waals surface area (Å²) in [5, 5.41) is 11.3. The minimum Gasteiger partial charge on any atom is -0.324 e. The predicted octanol–water partition coefficient (Wildman–Crippen LogP) is 5.81. The number of benzene rings is 2. The summed E-state index contributed by atoms with van der Waals surface area (Å²) >= 11 is 13.2. The number of hydrogen-bond donors (Lipinski definition) is 2. The molecule has 2 N–H and O–H groups in total.